The summed E-state index contributed by atoms with van der Waals surface area (Å²) in [5, 5.41) is 3.47. The normalized spacial score (nSPS) is 10.7. The van der Waals surface area contributed by atoms with Crippen LogP contribution in [0.25, 0.3) is 21.5 Å². The van der Waals surface area contributed by atoms with Crippen molar-refractivity contribution in [3.8, 4) is 0 Å². The monoisotopic (exact) mass is 264 g/mol. The Hall–Kier alpha value is -2.68. The Morgan fingerprint density at radius 1 is 0.850 bits per heavy atom. The minimum atomic E-state index is -0.606. The number of fused-ring (bicyclic) bond motifs is 2. The molecule has 0 saturated heterocycles. The lowest BCUT2D eigenvalue weighted by atomic mass is 9.97. The van der Waals surface area contributed by atoms with Crippen molar-refractivity contribution >= 4 is 33.5 Å². The van der Waals surface area contributed by atoms with Gasteiger partial charge in [0.2, 0.25) is 0 Å². The summed E-state index contributed by atoms with van der Waals surface area (Å²) in [4.78, 5) is 23.3. The summed E-state index contributed by atoms with van der Waals surface area (Å²) in [6.07, 6.45) is 0. The number of hydrogen-bond acceptors (Lipinski definition) is 3. The first-order chi connectivity index (χ1) is 9.66. The lowest BCUT2D eigenvalue weighted by Gasteiger charge is -2.09. The third-order valence-corrected chi connectivity index (χ3v) is 3.21. The summed E-state index contributed by atoms with van der Waals surface area (Å²) >= 11 is 0. The third kappa shape index (κ3) is 2.03. The van der Waals surface area contributed by atoms with Crippen LogP contribution in [-0.2, 0) is 9.53 Å². The summed E-state index contributed by atoms with van der Waals surface area (Å²) in [5.41, 5.74) is 0.439. The number of ether oxygens (including phenoxy) is 1. The molecule has 0 bridgehead atoms. The first kappa shape index (κ1) is 12.4. The number of carbonyl (C=O) groups is 2. The van der Waals surface area contributed by atoms with Crippen LogP contribution in [0, 0.1) is 0 Å². The third-order valence-electron chi connectivity index (χ3n) is 3.21. The molecule has 0 N–H and O–H groups in total. The highest BCUT2D eigenvalue weighted by atomic mass is 16.6. The standard InChI is InChI=1S/C17H12O3/c1-11(18)20-17(19)16-14-8-4-2-6-12(14)10-13-7-3-5-9-15(13)16/h2-10H,1H3. The van der Waals surface area contributed by atoms with Crippen LogP contribution in [0.5, 0.6) is 0 Å². The first-order valence-corrected chi connectivity index (χ1v) is 6.30. The van der Waals surface area contributed by atoms with E-state index in [1.54, 1.807) is 0 Å². The Morgan fingerprint density at radius 3 is 1.85 bits per heavy atom. The first-order valence-electron chi connectivity index (χ1n) is 6.30. The number of rotatable bonds is 1. The zero-order valence-corrected chi connectivity index (χ0v) is 10.9. The Morgan fingerprint density at radius 2 is 1.35 bits per heavy atom. The summed E-state index contributed by atoms with van der Waals surface area (Å²) in [6.45, 7) is 1.23. The molecule has 3 rings (SSSR count). The molecule has 0 aliphatic carbocycles. The zero-order chi connectivity index (χ0) is 14.1. The van der Waals surface area contributed by atoms with Gasteiger partial charge in [0.15, 0.2) is 0 Å². The largest absolute Gasteiger partial charge is 0.390 e. The van der Waals surface area contributed by atoms with Gasteiger partial charge in [0.05, 0.1) is 5.56 Å². The molecule has 98 valence electrons. The lowest BCUT2D eigenvalue weighted by molar-refractivity contribution is -0.135. The number of benzene rings is 3. The predicted molar refractivity (Wildman–Crippen MR) is 77.6 cm³/mol. The molecule has 0 unspecified atom stereocenters. The van der Waals surface area contributed by atoms with Gasteiger partial charge in [-0.1, -0.05) is 48.5 Å². The summed E-state index contributed by atoms with van der Waals surface area (Å²) in [6, 6.07) is 17.2. The summed E-state index contributed by atoms with van der Waals surface area (Å²) in [7, 11) is 0. The van der Waals surface area contributed by atoms with Crippen LogP contribution in [0.1, 0.15) is 17.3 Å². The Labute approximate surface area is 115 Å². The van der Waals surface area contributed by atoms with E-state index in [1.165, 1.54) is 6.92 Å². The molecule has 3 heteroatoms. The molecule has 0 aromatic heterocycles. The zero-order valence-electron chi connectivity index (χ0n) is 10.9. The van der Waals surface area contributed by atoms with E-state index >= 15 is 0 Å². The minimum Gasteiger partial charge on any atom is -0.390 e. The Kier molecular flexibility index (Phi) is 2.95. The number of hydrogen-bond donors (Lipinski definition) is 0. The summed E-state index contributed by atoms with van der Waals surface area (Å²) < 4.78 is 4.77. The van der Waals surface area contributed by atoms with Gasteiger partial charge >= 0.3 is 11.9 Å². The van der Waals surface area contributed by atoms with Gasteiger partial charge in [-0.3, -0.25) is 4.79 Å². The number of esters is 2. The van der Waals surface area contributed by atoms with E-state index in [1.807, 2.05) is 54.6 Å². The molecule has 3 aromatic carbocycles. The van der Waals surface area contributed by atoms with Crippen LogP contribution >= 0.6 is 0 Å². The Bertz CT molecular complexity index is 780. The average molecular weight is 264 g/mol. The van der Waals surface area contributed by atoms with Gasteiger partial charge in [-0.05, 0) is 27.6 Å². The van der Waals surface area contributed by atoms with E-state index in [2.05, 4.69) is 0 Å². The van der Waals surface area contributed by atoms with Gasteiger partial charge in [-0.15, -0.1) is 0 Å². The van der Waals surface area contributed by atoms with E-state index in [9.17, 15) is 9.59 Å². The maximum absolute atomic E-state index is 12.2. The fourth-order valence-electron chi connectivity index (χ4n) is 2.42. The van der Waals surface area contributed by atoms with Crippen LogP contribution in [0.3, 0.4) is 0 Å². The van der Waals surface area contributed by atoms with Gasteiger partial charge in [0, 0.05) is 6.92 Å². The van der Waals surface area contributed by atoms with Crippen LogP contribution in [0.15, 0.2) is 54.6 Å². The van der Waals surface area contributed by atoms with Crippen molar-refractivity contribution in [2.45, 2.75) is 6.92 Å². The highest BCUT2D eigenvalue weighted by molar-refractivity contribution is 6.17. The lowest BCUT2D eigenvalue weighted by Crippen LogP contribution is -2.10. The fourth-order valence-corrected chi connectivity index (χ4v) is 2.42. The van der Waals surface area contributed by atoms with Crippen molar-refractivity contribution in [2.24, 2.45) is 0 Å². The maximum Gasteiger partial charge on any atom is 0.347 e. The van der Waals surface area contributed by atoms with Crippen LogP contribution < -0.4 is 0 Å². The molecule has 0 aliphatic heterocycles. The van der Waals surface area contributed by atoms with Crippen molar-refractivity contribution in [2.75, 3.05) is 0 Å². The molecule has 0 aliphatic rings. The van der Waals surface area contributed by atoms with Crippen LogP contribution in [0.2, 0.25) is 0 Å². The quantitative estimate of drug-likeness (QED) is 0.382. The molecule has 20 heavy (non-hydrogen) atoms. The second kappa shape index (κ2) is 4.78. The second-order valence-corrected chi connectivity index (χ2v) is 4.57. The highest BCUT2D eigenvalue weighted by Crippen LogP contribution is 2.29. The fraction of sp³-hybridized carbons (Fsp3) is 0.0588. The molecule has 0 radical (unpaired) electrons. The van der Waals surface area contributed by atoms with Crippen molar-refractivity contribution in [3.05, 3.63) is 60.2 Å². The van der Waals surface area contributed by atoms with Crippen LogP contribution in [0.4, 0.5) is 0 Å². The molecule has 3 aromatic rings. The van der Waals surface area contributed by atoms with Crippen molar-refractivity contribution in [1.29, 1.82) is 0 Å². The van der Waals surface area contributed by atoms with E-state index in [0.29, 0.717) is 5.56 Å². The summed E-state index contributed by atoms with van der Waals surface area (Å²) in [5.74, 6) is -1.21. The molecule has 0 saturated carbocycles. The van der Waals surface area contributed by atoms with Gasteiger partial charge in [-0.2, -0.15) is 0 Å². The van der Waals surface area contributed by atoms with Gasteiger partial charge in [-0.25, -0.2) is 4.79 Å². The average Bonchev–Trinajstić information content (AvgIpc) is 2.43. The molecular weight excluding hydrogens is 252 g/mol. The second-order valence-electron chi connectivity index (χ2n) is 4.57. The smallest absolute Gasteiger partial charge is 0.347 e. The molecule has 0 atom stereocenters. The molecule has 0 heterocycles. The van der Waals surface area contributed by atoms with E-state index < -0.39 is 11.9 Å². The van der Waals surface area contributed by atoms with E-state index in [0.717, 1.165) is 21.5 Å². The molecule has 0 fully saturated rings. The van der Waals surface area contributed by atoms with Gasteiger partial charge in [0.25, 0.3) is 0 Å². The maximum atomic E-state index is 12.2. The molecular formula is C17H12O3. The van der Waals surface area contributed by atoms with E-state index in [-0.39, 0.29) is 0 Å². The topological polar surface area (TPSA) is 43.4 Å². The van der Waals surface area contributed by atoms with Gasteiger partial charge in [0.1, 0.15) is 0 Å². The van der Waals surface area contributed by atoms with Gasteiger partial charge < -0.3 is 4.74 Å². The van der Waals surface area contributed by atoms with Crippen LogP contribution in [-0.4, -0.2) is 11.9 Å². The predicted octanol–water partition coefficient (Wildman–Crippen LogP) is 3.70. The Balaban J connectivity index is 2.39. The minimum absolute atomic E-state index is 0.439. The van der Waals surface area contributed by atoms with Crippen molar-refractivity contribution < 1.29 is 14.3 Å². The van der Waals surface area contributed by atoms with Crippen molar-refractivity contribution in [3.63, 3.8) is 0 Å². The molecule has 3 nitrogen and oxygen atoms in total. The SMILES string of the molecule is CC(=O)OC(=O)c1c2ccccc2cc2ccccc12. The molecule has 0 spiro atoms. The molecule has 0 amide bonds. The van der Waals surface area contributed by atoms with E-state index in [4.69, 9.17) is 4.74 Å². The highest BCUT2D eigenvalue weighted by Gasteiger charge is 2.17. The van der Waals surface area contributed by atoms with Crippen molar-refractivity contribution in [1.82, 2.24) is 0 Å². The number of carbonyl (C=O) groups excluding carboxylic acids is 2.